The summed E-state index contributed by atoms with van der Waals surface area (Å²) in [7, 11) is 0.674. The van der Waals surface area contributed by atoms with Crippen LogP contribution in [0.25, 0.3) is 33.2 Å². The monoisotopic (exact) mass is 437 g/mol. The average molecular weight is 438 g/mol. The Balaban J connectivity index is 1.41. The summed E-state index contributed by atoms with van der Waals surface area (Å²) in [6.45, 7) is 0. The molecular formula is C23H27N5O2S. The number of nitrogens with one attached hydrogen (secondary N) is 3. The topological polar surface area (TPSA) is 93.9 Å². The van der Waals surface area contributed by atoms with Crippen LogP contribution in [0.15, 0.2) is 48.5 Å². The van der Waals surface area contributed by atoms with E-state index in [1.807, 2.05) is 30.3 Å². The number of sulfonamides is 1. The van der Waals surface area contributed by atoms with E-state index in [0.717, 1.165) is 46.0 Å². The number of anilines is 1. The van der Waals surface area contributed by atoms with Crippen LogP contribution in [0.5, 0.6) is 0 Å². The molecule has 8 heteroatoms. The van der Waals surface area contributed by atoms with Crippen LogP contribution in [0.2, 0.25) is 0 Å². The second-order valence-corrected chi connectivity index (χ2v) is 10.6. The van der Waals surface area contributed by atoms with Crippen molar-refractivity contribution in [3.05, 3.63) is 48.5 Å². The highest BCUT2D eigenvalue weighted by Crippen LogP contribution is 2.32. The lowest BCUT2D eigenvalue weighted by molar-refractivity contribution is 0.230. The normalized spacial score (nSPS) is 20.0. The molecule has 1 aliphatic rings. The zero-order valence-electron chi connectivity index (χ0n) is 17.7. The summed E-state index contributed by atoms with van der Waals surface area (Å²) in [4.78, 5) is 5.59. The summed E-state index contributed by atoms with van der Waals surface area (Å²) in [6, 6.07) is 16.1. The number of fused-ring (bicyclic) bond motifs is 2. The molecule has 0 saturated heterocycles. The van der Waals surface area contributed by atoms with Crippen molar-refractivity contribution in [3.63, 3.8) is 0 Å². The lowest BCUT2D eigenvalue weighted by Gasteiger charge is -2.32. The van der Waals surface area contributed by atoms with Gasteiger partial charge in [0.15, 0.2) is 0 Å². The van der Waals surface area contributed by atoms with Crippen molar-refractivity contribution in [3.8, 4) is 11.4 Å². The van der Waals surface area contributed by atoms with Gasteiger partial charge in [0.1, 0.15) is 5.69 Å². The number of hydrogen-bond donors (Lipinski definition) is 3. The Hall–Kier alpha value is -2.84. The molecule has 0 amide bonds. The summed E-state index contributed by atoms with van der Waals surface area (Å²) in [5.41, 5.74) is 4.15. The van der Waals surface area contributed by atoms with Gasteiger partial charge >= 0.3 is 0 Å². The first kappa shape index (κ1) is 20.1. The summed E-state index contributed by atoms with van der Waals surface area (Å²) >= 11 is 0. The first-order chi connectivity index (χ1) is 14.9. The maximum Gasteiger partial charge on any atom is 0.235 e. The largest absolute Gasteiger partial charge is 0.353 e. The van der Waals surface area contributed by atoms with E-state index in [1.165, 1.54) is 0 Å². The predicted octanol–water partition coefficient (Wildman–Crippen LogP) is 4.33. The summed E-state index contributed by atoms with van der Waals surface area (Å²) < 4.78 is 28.9. The molecule has 0 aliphatic heterocycles. The molecule has 5 rings (SSSR count). The Bertz CT molecular complexity index is 1300. The molecule has 7 nitrogen and oxygen atoms in total. The van der Waals surface area contributed by atoms with Gasteiger partial charge in [-0.2, -0.15) is 5.10 Å². The van der Waals surface area contributed by atoms with E-state index in [0.29, 0.717) is 24.6 Å². The number of rotatable bonds is 5. The molecule has 0 bridgehead atoms. The molecule has 3 N–H and O–H groups in total. The summed E-state index contributed by atoms with van der Waals surface area (Å²) in [5, 5.41) is 9.16. The Labute approximate surface area is 181 Å². The van der Waals surface area contributed by atoms with Crippen LogP contribution < -0.4 is 4.72 Å². The zero-order chi connectivity index (χ0) is 21.6. The number of aromatic nitrogens is 3. The lowest BCUT2D eigenvalue weighted by atomic mass is 9.94. The van der Waals surface area contributed by atoms with Crippen molar-refractivity contribution < 1.29 is 8.42 Å². The van der Waals surface area contributed by atoms with Gasteiger partial charge in [-0.1, -0.05) is 18.2 Å². The first-order valence-corrected chi connectivity index (χ1v) is 12.2. The molecule has 2 aromatic heterocycles. The number of nitrogens with zero attached hydrogens (tertiary/aromatic N) is 2. The quantitative estimate of drug-likeness (QED) is 0.433. The number of H-pyrrole nitrogens is 2. The molecule has 1 saturated carbocycles. The molecule has 2 heterocycles. The summed E-state index contributed by atoms with van der Waals surface area (Å²) in [6.07, 6.45) is 3.19. The molecule has 0 spiro atoms. The minimum absolute atomic E-state index is 0.350. The van der Waals surface area contributed by atoms with Gasteiger partial charge in [0, 0.05) is 28.0 Å². The second kappa shape index (κ2) is 7.69. The van der Waals surface area contributed by atoms with Crippen molar-refractivity contribution >= 4 is 37.5 Å². The van der Waals surface area contributed by atoms with E-state index in [-0.39, 0.29) is 5.25 Å². The molecule has 1 fully saturated rings. The molecule has 162 valence electrons. The van der Waals surface area contributed by atoms with E-state index in [4.69, 9.17) is 0 Å². The minimum Gasteiger partial charge on any atom is -0.353 e. The van der Waals surface area contributed by atoms with E-state index >= 15 is 0 Å². The minimum atomic E-state index is -3.44. The van der Waals surface area contributed by atoms with Crippen molar-refractivity contribution in [2.75, 3.05) is 18.8 Å². The molecule has 1 aliphatic carbocycles. The first-order valence-electron chi connectivity index (χ1n) is 10.6. The van der Waals surface area contributed by atoms with Crippen molar-refractivity contribution in [1.29, 1.82) is 0 Å². The van der Waals surface area contributed by atoms with Gasteiger partial charge in [-0.05, 0) is 70.1 Å². The molecule has 0 atom stereocenters. The average Bonchev–Trinajstić information content (AvgIpc) is 3.37. The number of benzene rings is 2. The maximum absolute atomic E-state index is 13.0. The molecule has 2 aromatic carbocycles. The van der Waals surface area contributed by atoms with Gasteiger partial charge in [0.25, 0.3) is 0 Å². The Morgan fingerprint density at radius 2 is 1.77 bits per heavy atom. The van der Waals surface area contributed by atoms with Crippen LogP contribution in [-0.4, -0.2) is 53.9 Å². The third-order valence-corrected chi connectivity index (χ3v) is 8.29. The fourth-order valence-corrected chi connectivity index (χ4v) is 6.12. The fourth-order valence-electron chi connectivity index (χ4n) is 4.60. The third-order valence-electron chi connectivity index (χ3n) is 6.42. The van der Waals surface area contributed by atoms with Gasteiger partial charge in [0.05, 0.1) is 16.5 Å². The van der Waals surface area contributed by atoms with Crippen molar-refractivity contribution in [1.82, 2.24) is 20.1 Å². The lowest BCUT2D eigenvalue weighted by Crippen LogP contribution is -2.38. The highest BCUT2D eigenvalue weighted by atomic mass is 32.2. The zero-order valence-corrected chi connectivity index (χ0v) is 18.5. The molecule has 0 radical (unpaired) electrons. The van der Waals surface area contributed by atoms with Crippen LogP contribution in [0.3, 0.4) is 0 Å². The predicted molar refractivity (Wildman–Crippen MR) is 126 cm³/mol. The molecular weight excluding hydrogens is 410 g/mol. The molecule has 31 heavy (non-hydrogen) atoms. The number of hydrogen-bond acceptors (Lipinski definition) is 4. The number of para-hydroxylation sites is 1. The van der Waals surface area contributed by atoms with Crippen LogP contribution in [0.4, 0.5) is 5.69 Å². The fraction of sp³-hybridized carbons (Fsp3) is 0.348. The standard InChI is InChI=1S/C23H27N5O2S/c1-28(2)17-8-10-18(11-9-17)31(29,30)27-16-7-12-21-19(14-16)23(26-25-21)22-13-15-5-3-4-6-20(15)24-22/h3-7,12-14,17-18,24,27H,8-11H2,1-2H3,(H,25,26). The third kappa shape index (κ3) is 3.81. The van der Waals surface area contributed by atoms with E-state index < -0.39 is 10.0 Å². The van der Waals surface area contributed by atoms with Crippen molar-refractivity contribution in [2.24, 2.45) is 0 Å². The maximum atomic E-state index is 13.0. The van der Waals surface area contributed by atoms with Gasteiger partial charge in [-0.3, -0.25) is 9.82 Å². The van der Waals surface area contributed by atoms with Crippen molar-refractivity contribution in [2.45, 2.75) is 37.0 Å². The molecule has 0 unspecified atom stereocenters. The van der Waals surface area contributed by atoms with E-state index in [1.54, 1.807) is 6.07 Å². The highest BCUT2D eigenvalue weighted by molar-refractivity contribution is 7.93. The van der Waals surface area contributed by atoms with Crippen LogP contribution >= 0.6 is 0 Å². The van der Waals surface area contributed by atoms with Gasteiger partial charge in [-0.25, -0.2) is 8.42 Å². The van der Waals surface area contributed by atoms with Crippen LogP contribution in [0.1, 0.15) is 25.7 Å². The van der Waals surface area contributed by atoms with Crippen LogP contribution in [0, 0.1) is 0 Å². The highest BCUT2D eigenvalue weighted by Gasteiger charge is 2.31. The Morgan fingerprint density at radius 1 is 1.00 bits per heavy atom. The molecule has 4 aromatic rings. The number of aromatic amines is 2. The second-order valence-electron chi connectivity index (χ2n) is 8.64. The van der Waals surface area contributed by atoms with Crippen LogP contribution in [-0.2, 0) is 10.0 Å². The Kier molecular flexibility index (Phi) is 4.98. The van der Waals surface area contributed by atoms with Gasteiger partial charge < -0.3 is 9.88 Å². The van der Waals surface area contributed by atoms with Gasteiger partial charge in [-0.15, -0.1) is 0 Å². The Morgan fingerprint density at radius 3 is 2.52 bits per heavy atom. The summed E-state index contributed by atoms with van der Waals surface area (Å²) in [5.74, 6) is 0. The smallest absolute Gasteiger partial charge is 0.235 e. The van der Waals surface area contributed by atoms with E-state index in [9.17, 15) is 8.42 Å². The van der Waals surface area contributed by atoms with E-state index in [2.05, 4.69) is 51.0 Å². The van der Waals surface area contributed by atoms with Gasteiger partial charge in [0.2, 0.25) is 10.0 Å². The SMILES string of the molecule is CN(C)C1CCC(S(=O)(=O)Nc2ccc3[nH]nc(-c4cc5ccccc5[nH]4)c3c2)CC1.